The fourth-order valence-electron chi connectivity index (χ4n) is 2.15. The van der Waals surface area contributed by atoms with Gasteiger partial charge in [0.1, 0.15) is 0 Å². The van der Waals surface area contributed by atoms with E-state index in [1.807, 2.05) is 50.4 Å². The Hall–Kier alpha value is -2.36. The van der Waals surface area contributed by atoms with E-state index in [0.717, 1.165) is 29.8 Å². The van der Waals surface area contributed by atoms with Crippen LogP contribution in [0.5, 0.6) is 0 Å². The minimum absolute atomic E-state index is 0.0430. The molecule has 1 aromatic carbocycles. The van der Waals surface area contributed by atoms with Crippen LogP contribution in [0.3, 0.4) is 0 Å². The van der Waals surface area contributed by atoms with Gasteiger partial charge in [-0.15, -0.1) is 0 Å². The molecule has 1 aromatic heterocycles. The van der Waals surface area contributed by atoms with Gasteiger partial charge in [0.05, 0.1) is 5.56 Å². The second-order valence-corrected chi connectivity index (χ2v) is 4.95. The molecule has 2 N–H and O–H groups in total. The molecule has 21 heavy (non-hydrogen) atoms. The first-order chi connectivity index (χ1) is 10.2. The van der Waals surface area contributed by atoms with Crippen molar-refractivity contribution in [1.82, 2.24) is 10.3 Å². The van der Waals surface area contributed by atoms with Crippen LogP contribution < -0.4 is 10.6 Å². The summed E-state index contributed by atoms with van der Waals surface area (Å²) in [4.78, 5) is 16.4. The Morgan fingerprint density at radius 1 is 1.29 bits per heavy atom. The zero-order valence-corrected chi connectivity index (χ0v) is 12.5. The van der Waals surface area contributed by atoms with Crippen LogP contribution in [0.15, 0.2) is 42.7 Å². The lowest BCUT2D eigenvalue weighted by Crippen LogP contribution is -2.26. The molecule has 0 aliphatic heterocycles. The first-order valence-corrected chi connectivity index (χ1v) is 7.22. The highest BCUT2D eigenvalue weighted by Crippen LogP contribution is 2.17. The zero-order chi connectivity index (χ0) is 15.1. The van der Waals surface area contributed by atoms with Gasteiger partial charge in [-0.05, 0) is 44.0 Å². The van der Waals surface area contributed by atoms with Crippen molar-refractivity contribution in [2.24, 2.45) is 0 Å². The summed E-state index contributed by atoms with van der Waals surface area (Å²) in [5, 5.41) is 6.19. The summed E-state index contributed by atoms with van der Waals surface area (Å²) in [7, 11) is 0. The first kappa shape index (κ1) is 15.0. The number of carbonyl (C=O) groups is 1. The normalized spacial score (nSPS) is 10.2. The smallest absolute Gasteiger partial charge is 0.253 e. The van der Waals surface area contributed by atoms with E-state index in [9.17, 15) is 4.79 Å². The molecular formula is C17H21N3O. The van der Waals surface area contributed by atoms with Gasteiger partial charge in [0.25, 0.3) is 5.91 Å². The van der Waals surface area contributed by atoms with Gasteiger partial charge in [0.2, 0.25) is 0 Å². The zero-order valence-electron chi connectivity index (χ0n) is 12.5. The van der Waals surface area contributed by atoms with Gasteiger partial charge in [0, 0.05) is 31.2 Å². The number of carbonyl (C=O) groups excluding carboxylic acids is 1. The number of amides is 1. The van der Waals surface area contributed by atoms with E-state index in [0.29, 0.717) is 12.1 Å². The minimum Gasteiger partial charge on any atom is -0.385 e. The second kappa shape index (κ2) is 7.43. The van der Waals surface area contributed by atoms with Crippen LogP contribution in [0.4, 0.5) is 5.69 Å². The van der Waals surface area contributed by atoms with Crippen molar-refractivity contribution < 1.29 is 4.79 Å². The number of aryl methyl sites for hydroxylation is 1. The van der Waals surface area contributed by atoms with Gasteiger partial charge in [-0.1, -0.05) is 17.7 Å². The average molecular weight is 283 g/mol. The number of anilines is 1. The maximum Gasteiger partial charge on any atom is 0.253 e. The molecule has 4 nitrogen and oxygen atoms in total. The molecule has 110 valence electrons. The number of aromatic nitrogens is 1. The molecular weight excluding hydrogens is 262 g/mol. The van der Waals surface area contributed by atoms with Crippen LogP contribution in [0.25, 0.3) is 0 Å². The van der Waals surface area contributed by atoms with Crippen molar-refractivity contribution in [1.29, 1.82) is 0 Å². The maximum absolute atomic E-state index is 12.3. The van der Waals surface area contributed by atoms with Crippen molar-refractivity contribution >= 4 is 11.6 Å². The Labute approximate surface area is 125 Å². The molecule has 0 aliphatic rings. The number of hydrogen-bond donors (Lipinski definition) is 2. The highest BCUT2D eigenvalue weighted by Gasteiger charge is 2.10. The fourth-order valence-corrected chi connectivity index (χ4v) is 2.15. The molecule has 0 spiro atoms. The van der Waals surface area contributed by atoms with E-state index in [1.54, 1.807) is 6.20 Å². The first-order valence-electron chi connectivity index (χ1n) is 7.22. The Morgan fingerprint density at radius 3 is 2.86 bits per heavy atom. The molecule has 2 rings (SSSR count). The van der Waals surface area contributed by atoms with E-state index in [4.69, 9.17) is 0 Å². The average Bonchev–Trinajstić information content (AvgIpc) is 2.50. The van der Waals surface area contributed by atoms with Gasteiger partial charge in [-0.25, -0.2) is 0 Å². The lowest BCUT2D eigenvalue weighted by Gasteiger charge is -2.12. The molecule has 2 aromatic rings. The maximum atomic E-state index is 12.3. The van der Waals surface area contributed by atoms with E-state index in [2.05, 4.69) is 15.6 Å². The molecule has 0 fully saturated rings. The number of nitrogens with zero attached hydrogens (tertiary/aromatic N) is 1. The number of pyridine rings is 1. The Bertz CT molecular complexity index is 596. The predicted molar refractivity (Wildman–Crippen MR) is 85.6 cm³/mol. The Balaban J connectivity index is 1.98. The summed E-state index contributed by atoms with van der Waals surface area (Å²) < 4.78 is 0. The molecule has 4 heteroatoms. The highest BCUT2D eigenvalue weighted by molar-refractivity contribution is 5.99. The highest BCUT2D eigenvalue weighted by atomic mass is 16.1. The third-order valence-electron chi connectivity index (χ3n) is 3.21. The second-order valence-electron chi connectivity index (χ2n) is 4.95. The largest absolute Gasteiger partial charge is 0.385 e. The van der Waals surface area contributed by atoms with Crippen molar-refractivity contribution in [2.75, 3.05) is 18.4 Å². The standard InChI is InChI=1S/C17H21N3O/c1-3-19-16-7-6-13(2)11-15(16)17(21)20-10-8-14-5-4-9-18-12-14/h4-7,9,11-12,19H,3,8,10H2,1-2H3,(H,20,21). The lowest BCUT2D eigenvalue weighted by atomic mass is 10.1. The molecule has 0 unspecified atom stereocenters. The summed E-state index contributed by atoms with van der Waals surface area (Å²) in [6, 6.07) is 9.79. The number of benzene rings is 1. The fraction of sp³-hybridized carbons (Fsp3) is 0.294. The molecule has 1 amide bonds. The number of hydrogen-bond acceptors (Lipinski definition) is 3. The van der Waals surface area contributed by atoms with E-state index < -0.39 is 0 Å². The molecule has 0 saturated heterocycles. The Kier molecular flexibility index (Phi) is 5.32. The van der Waals surface area contributed by atoms with Crippen LogP contribution in [0.1, 0.15) is 28.4 Å². The van der Waals surface area contributed by atoms with Crippen LogP contribution in [0.2, 0.25) is 0 Å². The monoisotopic (exact) mass is 283 g/mol. The third kappa shape index (κ3) is 4.31. The molecule has 0 aliphatic carbocycles. The van der Waals surface area contributed by atoms with Crippen LogP contribution in [-0.4, -0.2) is 24.0 Å². The van der Waals surface area contributed by atoms with Crippen molar-refractivity contribution in [3.63, 3.8) is 0 Å². The minimum atomic E-state index is -0.0430. The molecule has 0 bridgehead atoms. The predicted octanol–water partition coefficient (Wildman–Crippen LogP) is 2.79. The van der Waals surface area contributed by atoms with Crippen molar-refractivity contribution in [3.8, 4) is 0 Å². The number of rotatable bonds is 6. The molecule has 0 atom stereocenters. The van der Waals surface area contributed by atoms with Crippen molar-refractivity contribution in [2.45, 2.75) is 20.3 Å². The SMILES string of the molecule is CCNc1ccc(C)cc1C(=O)NCCc1cccnc1. The quantitative estimate of drug-likeness (QED) is 0.857. The molecule has 1 heterocycles. The summed E-state index contributed by atoms with van der Waals surface area (Å²) in [5.41, 5.74) is 3.77. The van der Waals surface area contributed by atoms with Gasteiger partial charge in [-0.3, -0.25) is 9.78 Å². The molecule has 0 radical (unpaired) electrons. The van der Waals surface area contributed by atoms with E-state index in [1.165, 1.54) is 0 Å². The summed E-state index contributed by atoms with van der Waals surface area (Å²) >= 11 is 0. The topological polar surface area (TPSA) is 54.0 Å². The molecule has 0 saturated carbocycles. The Morgan fingerprint density at radius 2 is 2.14 bits per heavy atom. The van der Waals surface area contributed by atoms with E-state index in [-0.39, 0.29) is 5.91 Å². The number of nitrogens with one attached hydrogen (secondary N) is 2. The van der Waals surface area contributed by atoms with Crippen LogP contribution >= 0.6 is 0 Å². The lowest BCUT2D eigenvalue weighted by molar-refractivity contribution is 0.0955. The van der Waals surface area contributed by atoms with Gasteiger partial charge >= 0.3 is 0 Å². The third-order valence-corrected chi connectivity index (χ3v) is 3.21. The summed E-state index contributed by atoms with van der Waals surface area (Å²) in [6.45, 7) is 5.40. The van der Waals surface area contributed by atoms with Gasteiger partial charge < -0.3 is 10.6 Å². The van der Waals surface area contributed by atoms with Crippen LogP contribution in [-0.2, 0) is 6.42 Å². The van der Waals surface area contributed by atoms with E-state index >= 15 is 0 Å². The van der Waals surface area contributed by atoms with Gasteiger partial charge in [-0.2, -0.15) is 0 Å². The summed E-state index contributed by atoms with van der Waals surface area (Å²) in [5.74, 6) is -0.0430. The summed E-state index contributed by atoms with van der Waals surface area (Å²) in [6.07, 6.45) is 4.35. The van der Waals surface area contributed by atoms with Crippen molar-refractivity contribution in [3.05, 3.63) is 59.4 Å². The van der Waals surface area contributed by atoms with Gasteiger partial charge in [0.15, 0.2) is 0 Å². The van der Waals surface area contributed by atoms with Crippen LogP contribution in [0, 0.1) is 6.92 Å².